The zero-order valence-corrected chi connectivity index (χ0v) is 11.4. The molecule has 20 heavy (non-hydrogen) atoms. The molecule has 1 aromatic heterocycles. The second kappa shape index (κ2) is 4.59. The van der Waals surface area contributed by atoms with Crippen molar-refractivity contribution in [3.05, 3.63) is 47.3 Å². The summed E-state index contributed by atoms with van der Waals surface area (Å²) in [6.45, 7) is 3.81. The Hall–Kier alpha value is -2.43. The van der Waals surface area contributed by atoms with Gasteiger partial charge in [-0.05, 0) is 31.9 Å². The predicted octanol–water partition coefficient (Wildman–Crippen LogP) is 2.57. The van der Waals surface area contributed by atoms with Crippen molar-refractivity contribution in [1.29, 1.82) is 0 Å². The van der Waals surface area contributed by atoms with Gasteiger partial charge in [0.2, 0.25) is 5.95 Å². The van der Waals surface area contributed by atoms with Crippen LogP contribution in [0.1, 0.15) is 28.5 Å². The Labute approximate surface area is 116 Å². The molecule has 2 heterocycles. The Morgan fingerprint density at radius 3 is 2.85 bits per heavy atom. The standard InChI is InChI=1S/C15H15N3O2/c1-9-7-11-5-3-4-6-13(11)18(9)15-16-8-12(14(19)20)10(2)17-15/h3-6,8-9H,7H2,1-2H3,(H,19,20). The molecule has 0 spiro atoms. The van der Waals surface area contributed by atoms with Crippen LogP contribution < -0.4 is 4.90 Å². The van der Waals surface area contributed by atoms with Gasteiger partial charge in [-0.2, -0.15) is 0 Å². The number of fused-ring (bicyclic) bond motifs is 1. The largest absolute Gasteiger partial charge is 0.478 e. The van der Waals surface area contributed by atoms with E-state index in [0.717, 1.165) is 12.1 Å². The van der Waals surface area contributed by atoms with Gasteiger partial charge >= 0.3 is 5.97 Å². The summed E-state index contributed by atoms with van der Waals surface area (Å²) in [5.74, 6) is -0.436. The van der Waals surface area contributed by atoms with Crippen molar-refractivity contribution in [3.63, 3.8) is 0 Å². The number of aromatic nitrogens is 2. The van der Waals surface area contributed by atoms with Crippen molar-refractivity contribution < 1.29 is 9.90 Å². The van der Waals surface area contributed by atoms with Gasteiger partial charge in [0, 0.05) is 17.9 Å². The third-order valence-electron chi connectivity index (χ3n) is 3.62. The molecular formula is C15H15N3O2. The van der Waals surface area contributed by atoms with Crippen LogP contribution in [0.4, 0.5) is 11.6 Å². The minimum absolute atomic E-state index is 0.147. The van der Waals surface area contributed by atoms with E-state index in [0.29, 0.717) is 11.6 Å². The molecule has 0 fully saturated rings. The first kappa shape index (κ1) is 12.6. The van der Waals surface area contributed by atoms with Crippen molar-refractivity contribution in [2.75, 3.05) is 4.90 Å². The van der Waals surface area contributed by atoms with Crippen molar-refractivity contribution in [2.45, 2.75) is 26.3 Å². The molecule has 5 heteroatoms. The van der Waals surface area contributed by atoms with Gasteiger partial charge in [0.25, 0.3) is 0 Å². The maximum Gasteiger partial charge on any atom is 0.339 e. The second-order valence-electron chi connectivity index (χ2n) is 5.03. The number of hydrogen-bond donors (Lipinski definition) is 1. The van der Waals surface area contributed by atoms with Gasteiger partial charge < -0.3 is 10.0 Å². The number of aryl methyl sites for hydroxylation is 1. The van der Waals surface area contributed by atoms with E-state index in [4.69, 9.17) is 5.11 Å². The summed E-state index contributed by atoms with van der Waals surface area (Å²) in [5, 5.41) is 9.04. The Morgan fingerprint density at radius 2 is 2.15 bits per heavy atom. The SMILES string of the molecule is Cc1nc(N2c3ccccc3CC2C)ncc1C(=O)O. The Morgan fingerprint density at radius 1 is 1.40 bits per heavy atom. The molecule has 0 amide bonds. The van der Waals surface area contributed by atoms with Crippen LogP contribution in [0, 0.1) is 6.92 Å². The highest BCUT2D eigenvalue weighted by Crippen LogP contribution is 2.36. The van der Waals surface area contributed by atoms with Crippen molar-refractivity contribution in [2.24, 2.45) is 0 Å². The van der Waals surface area contributed by atoms with Crippen LogP contribution in [0.3, 0.4) is 0 Å². The summed E-state index contributed by atoms with van der Waals surface area (Å²) in [7, 11) is 0. The van der Waals surface area contributed by atoms with Gasteiger partial charge in [0.1, 0.15) is 0 Å². The summed E-state index contributed by atoms with van der Waals surface area (Å²) in [4.78, 5) is 21.7. The molecule has 0 saturated heterocycles. The first-order valence-corrected chi connectivity index (χ1v) is 6.52. The van der Waals surface area contributed by atoms with Crippen LogP contribution in [0.5, 0.6) is 0 Å². The van der Waals surface area contributed by atoms with E-state index in [1.807, 2.05) is 18.2 Å². The van der Waals surface area contributed by atoms with E-state index in [1.165, 1.54) is 11.8 Å². The van der Waals surface area contributed by atoms with Gasteiger partial charge in [-0.25, -0.2) is 14.8 Å². The van der Waals surface area contributed by atoms with Crippen LogP contribution in [-0.4, -0.2) is 27.1 Å². The molecule has 102 valence electrons. The van der Waals surface area contributed by atoms with Crippen molar-refractivity contribution in [1.82, 2.24) is 9.97 Å². The third-order valence-corrected chi connectivity index (χ3v) is 3.62. The summed E-state index contributed by atoms with van der Waals surface area (Å²) in [5.41, 5.74) is 3.00. The lowest BCUT2D eigenvalue weighted by Gasteiger charge is -2.22. The highest BCUT2D eigenvalue weighted by molar-refractivity contribution is 5.88. The third kappa shape index (κ3) is 1.91. The minimum Gasteiger partial charge on any atom is -0.478 e. The first-order chi connectivity index (χ1) is 9.58. The van der Waals surface area contributed by atoms with Gasteiger partial charge in [-0.3, -0.25) is 0 Å². The molecule has 1 aliphatic heterocycles. The Bertz CT molecular complexity index is 685. The smallest absolute Gasteiger partial charge is 0.339 e. The molecule has 1 atom stereocenters. The number of aromatic carboxylic acids is 1. The molecule has 0 radical (unpaired) electrons. The van der Waals surface area contributed by atoms with Crippen LogP contribution in [0.25, 0.3) is 0 Å². The van der Waals surface area contributed by atoms with Crippen molar-refractivity contribution in [3.8, 4) is 0 Å². The van der Waals surface area contributed by atoms with E-state index >= 15 is 0 Å². The number of benzene rings is 1. The van der Waals surface area contributed by atoms with E-state index in [-0.39, 0.29) is 11.6 Å². The van der Waals surface area contributed by atoms with Gasteiger partial charge in [0.15, 0.2) is 0 Å². The maximum absolute atomic E-state index is 11.0. The topological polar surface area (TPSA) is 66.3 Å². The lowest BCUT2D eigenvalue weighted by Crippen LogP contribution is -2.26. The molecule has 5 nitrogen and oxygen atoms in total. The summed E-state index contributed by atoms with van der Waals surface area (Å²) in [6.07, 6.45) is 2.33. The molecule has 1 aromatic carbocycles. The van der Waals surface area contributed by atoms with Crippen LogP contribution in [0.2, 0.25) is 0 Å². The summed E-state index contributed by atoms with van der Waals surface area (Å²) >= 11 is 0. The molecule has 0 aliphatic carbocycles. The van der Waals surface area contributed by atoms with E-state index < -0.39 is 5.97 Å². The molecule has 0 bridgehead atoms. The first-order valence-electron chi connectivity index (χ1n) is 6.52. The fourth-order valence-corrected chi connectivity index (χ4v) is 2.65. The summed E-state index contributed by atoms with van der Waals surface area (Å²) < 4.78 is 0. The van der Waals surface area contributed by atoms with Gasteiger partial charge in [0.05, 0.1) is 11.3 Å². The van der Waals surface area contributed by atoms with Gasteiger partial charge in [-0.15, -0.1) is 0 Å². The Kier molecular flexibility index (Phi) is 2.89. The number of para-hydroxylation sites is 1. The maximum atomic E-state index is 11.0. The monoisotopic (exact) mass is 269 g/mol. The summed E-state index contributed by atoms with van der Waals surface area (Å²) in [6, 6.07) is 8.42. The normalized spacial score (nSPS) is 17.1. The van der Waals surface area contributed by atoms with Crippen LogP contribution >= 0.6 is 0 Å². The van der Waals surface area contributed by atoms with Crippen molar-refractivity contribution >= 4 is 17.6 Å². The molecule has 0 saturated carbocycles. The molecule has 2 aromatic rings. The zero-order chi connectivity index (χ0) is 14.3. The Balaban J connectivity index is 2.06. The number of carboxylic acids is 1. The molecular weight excluding hydrogens is 254 g/mol. The van der Waals surface area contributed by atoms with E-state index in [9.17, 15) is 4.79 Å². The molecule has 1 N–H and O–H groups in total. The zero-order valence-electron chi connectivity index (χ0n) is 11.4. The number of anilines is 2. The van der Waals surface area contributed by atoms with E-state index in [2.05, 4.69) is 27.9 Å². The molecule has 1 unspecified atom stereocenters. The second-order valence-corrected chi connectivity index (χ2v) is 5.03. The lowest BCUT2D eigenvalue weighted by atomic mass is 10.1. The average molecular weight is 269 g/mol. The number of carbonyl (C=O) groups is 1. The van der Waals surface area contributed by atoms with E-state index in [1.54, 1.807) is 6.92 Å². The number of rotatable bonds is 2. The van der Waals surface area contributed by atoms with Gasteiger partial charge in [-0.1, -0.05) is 18.2 Å². The fraction of sp³-hybridized carbons (Fsp3) is 0.267. The van der Waals surface area contributed by atoms with Crippen LogP contribution in [-0.2, 0) is 6.42 Å². The van der Waals surface area contributed by atoms with Crippen LogP contribution in [0.15, 0.2) is 30.5 Å². The average Bonchev–Trinajstić information content (AvgIpc) is 2.73. The quantitative estimate of drug-likeness (QED) is 0.907. The number of hydrogen-bond acceptors (Lipinski definition) is 4. The minimum atomic E-state index is -0.996. The molecule has 3 rings (SSSR count). The highest BCUT2D eigenvalue weighted by atomic mass is 16.4. The fourth-order valence-electron chi connectivity index (χ4n) is 2.65. The molecule has 1 aliphatic rings. The predicted molar refractivity (Wildman–Crippen MR) is 75.5 cm³/mol. The highest BCUT2D eigenvalue weighted by Gasteiger charge is 2.29. The number of carboxylic acid groups (broad SMARTS) is 1. The number of nitrogens with zero attached hydrogens (tertiary/aromatic N) is 3. The lowest BCUT2D eigenvalue weighted by molar-refractivity contribution is 0.0695.